The van der Waals surface area contributed by atoms with E-state index in [1.54, 1.807) is 49.6 Å². The van der Waals surface area contributed by atoms with Crippen molar-refractivity contribution in [2.24, 2.45) is 0 Å². The molecule has 128 valence electrons. The number of pyridine rings is 2. The van der Waals surface area contributed by atoms with Gasteiger partial charge in [0, 0.05) is 35.1 Å². The summed E-state index contributed by atoms with van der Waals surface area (Å²) in [6, 6.07) is 14.8. The summed E-state index contributed by atoms with van der Waals surface area (Å²) >= 11 is 0. The van der Waals surface area contributed by atoms with Gasteiger partial charge in [0.15, 0.2) is 11.2 Å². The summed E-state index contributed by atoms with van der Waals surface area (Å²) in [7, 11) is 0. The van der Waals surface area contributed by atoms with E-state index >= 15 is 0 Å². The maximum atomic E-state index is 13.3. The molecule has 0 radical (unpaired) electrons. The number of halogens is 1. The van der Waals surface area contributed by atoms with Gasteiger partial charge in [-0.1, -0.05) is 6.07 Å². The Bertz CT molecular complexity index is 1150. The number of hydrogen-bond acceptors (Lipinski definition) is 3. The number of H-pyrrole nitrogens is 1. The Morgan fingerprint density at radius 3 is 2.58 bits per heavy atom. The van der Waals surface area contributed by atoms with Crippen LogP contribution in [0.1, 0.15) is 5.56 Å². The number of fused-ring (bicyclic) bond motifs is 1. The second-order valence-electron chi connectivity index (χ2n) is 5.97. The fourth-order valence-corrected chi connectivity index (χ4v) is 2.86. The number of ether oxygens (including phenoxy) is 1. The van der Waals surface area contributed by atoms with Crippen molar-refractivity contribution < 1.29 is 9.13 Å². The van der Waals surface area contributed by atoms with E-state index in [1.165, 1.54) is 12.1 Å². The van der Waals surface area contributed by atoms with Gasteiger partial charge in [0.1, 0.15) is 11.6 Å². The molecule has 5 heteroatoms. The topological polar surface area (TPSA) is 55.0 Å². The molecule has 0 aliphatic rings. The molecule has 0 bridgehead atoms. The minimum atomic E-state index is -0.318. The van der Waals surface area contributed by atoms with Crippen molar-refractivity contribution in [2.45, 2.75) is 6.92 Å². The Morgan fingerprint density at radius 1 is 1.00 bits per heavy atom. The monoisotopic (exact) mass is 346 g/mol. The van der Waals surface area contributed by atoms with Crippen LogP contribution in [0.3, 0.4) is 0 Å². The summed E-state index contributed by atoms with van der Waals surface area (Å²) in [6.07, 6.45) is 3.34. The van der Waals surface area contributed by atoms with E-state index in [2.05, 4.69) is 9.97 Å². The molecule has 1 N–H and O–H groups in total. The molecular weight excluding hydrogens is 331 g/mol. The SMILES string of the molecule is Cc1cc(F)ccc1Oc1cccc2c(=O)cc(-c3ccncc3)[nH]c12. The number of para-hydroxylation sites is 1. The number of nitrogens with one attached hydrogen (secondary N) is 1. The molecule has 0 amide bonds. The predicted molar refractivity (Wildman–Crippen MR) is 99.0 cm³/mol. The quantitative estimate of drug-likeness (QED) is 0.578. The maximum Gasteiger partial charge on any atom is 0.190 e. The van der Waals surface area contributed by atoms with E-state index < -0.39 is 0 Å². The van der Waals surface area contributed by atoms with Crippen molar-refractivity contribution in [2.75, 3.05) is 0 Å². The highest BCUT2D eigenvalue weighted by molar-refractivity contribution is 5.86. The molecule has 0 fully saturated rings. The van der Waals surface area contributed by atoms with Crippen LogP contribution in [-0.4, -0.2) is 9.97 Å². The van der Waals surface area contributed by atoms with Crippen molar-refractivity contribution >= 4 is 10.9 Å². The Morgan fingerprint density at radius 2 is 1.81 bits per heavy atom. The first-order valence-corrected chi connectivity index (χ1v) is 8.12. The lowest BCUT2D eigenvalue weighted by atomic mass is 10.1. The summed E-state index contributed by atoms with van der Waals surface area (Å²) in [6.45, 7) is 1.77. The zero-order valence-corrected chi connectivity index (χ0v) is 14.0. The van der Waals surface area contributed by atoms with Crippen molar-refractivity contribution in [1.29, 1.82) is 0 Å². The highest BCUT2D eigenvalue weighted by Crippen LogP contribution is 2.31. The molecule has 4 nitrogen and oxygen atoms in total. The van der Waals surface area contributed by atoms with Crippen LogP contribution in [0.25, 0.3) is 22.2 Å². The third-order valence-corrected chi connectivity index (χ3v) is 4.18. The molecule has 2 heterocycles. The van der Waals surface area contributed by atoms with Crippen molar-refractivity contribution in [3.63, 3.8) is 0 Å². The first-order chi connectivity index (χ1) is 12.6. The van der Waals surface area contributed by atoms with Crippen LogP contribution in [0, 0.1) is 12.7 Å². The first kappa shape index (κ1) is 16.0. The molecule has 0 aliphatic carbocycles. The number of benzene rings is 2. The average molecular weight is 346 g/mol. The molecule has 4 aromatic rings. The van der Waals surface area contributed by atoms with Gasteiger partial charge in [-0.15, -0.1) is 0 Å². The van der Waals surface area contributed by atoms with Crippen LogP contribution in [0.5, 0.6) is 11.5 Å². The minimum absolute atomic E-state index is 0.105. The molecule has 0 unspecified atom stereocenters. The standard InChI is InChI=1S/C21H15FN2O2/c1-13-11-15(22)5-6-19(13)26-20-4-2-3-16-18(25)12-17(24-21(16)20)14-7-9-23-10-8-14/h2-12H,1H3,(H,24,25). The smallest absolute Gasteiger partial charge is 0.190 e. The summed E-state index contributed by atoms with van der Waals surface area (Å²) in [5.41, 5.74) is 2.69. The van der Waals surface area contributed by atoms with Gasteiger partial charge in [-0.3, -0.25) is 9.78 Å². The van der Waals surface area contributed by atoms with Gasteiger partial charge in [0.2, 0.25) is 0 Å². The van der Waals surface area contributed by atoms with Crippen LogP contribution in [0.15, 0.2) is 71.8 Å². The number of nitrogens with zero attached hydrogens (tertiary/aromatic N) is 1. The number of aromatic nitrogens is 2. The Hall–Kier alpha value is -3.47. The summed E-state index contributed by atoms with van der Waals surface area (Å²) in [4.78, 5) is 19.8. The maximum absolute atomic E-state index is 13.3. The zero-order chi connectivity index (χ0) is 18.1. The molecule has 0 saturated heterocycles. The molecular formula is C21H15FN2O2. The Kier molecular flexibility index (Phi) is 3.97. The zero-order valence-electron chi connectivity index (χ0n) is 14.0. The normalized spacial score (nSPS) is 10.8. The van der Waals surface area contributed by atoms with E-state index in [0.29, 0.717) is 33.7 Å². The fourth-order valence-electron chi connectivity index (χ4n) is 2.86. The highest BCUT2D eigenvalue weighted by atomic mass is 19.1. The number of hydrogen-bond donors (Lipinski definition) is 1. The van der Waals surface area contributed by atoms with Gasteiger partial charge in [-0.05, 0) is 55.0 Å². The van der Waals surface area contributed by atoms with Crippen molar-refractivity contribution in [1.82, 2.24) is 9.97 Å². The van der Waals surface area contributed by atoms with E-state index in [1.807, 2.05) is 12.1 Å². The summed E-state index contributed by atoms with van der Waals surface area (Å²) in [5.74, 6) is 0.723. The molecule has 0 atom stereocenters. The number of rotatable bonds is 3. The molecule has 4 rings (SSSR count). The van der Waals surface area contributed by atoms with E-state index in [4.69, 9.17) is 4.74 Å². The second kappa shape index (κ2) is 6.44. The summed E-state index contributed by atoms with van der Waals surface area (Å²) in [5, 5.41) is 0.528. The average Bonchev–Trinajstić information content (AvgIpc) is 2.65. The van der Waals surface area contributed by atoms with Gasteiger partial charge in [0.05, 0.1) is 5.52 Å². The lowest BCUT2D eigenvalue weighted by Crippen LogP contribution is -2.04. The van der Waals surface area contributed by atoms with Gasteiger partial charge in [-0.2, -0.15) is 0 Å². The second-order valence-corrected chi connectivity index (χ2v) is 5.97. The lowest BCUT2D eigenvalue weighted by Gasteiger charge is -2.12. The van der Waals surface area contributed by atoms with Crippen LogP contribution >= 0.6 is 0 Å². The van der Waals surface area contributed by atoms with Gasteiger partial charge < -0.3 is 9.72 Å². The first-order valence-electron chi connectivity index (χ1n) is 8.12. The predicted octanol–water partition coefficient (Wildman–Crippen LogP) is 4.83. The molecule has 0 spiro atoms. The molecule has 26 heavy (non-hydrogen) atoms. The third kappa shape index (κ3) is 2.95. The van der Waals surface area contributed by atoms with Crippen molar-refractivity contribution in [3.8, 4) is 22.8 Å². The lowest BCUT2D eigenvalue weighted by molar-refractivity contribution is 0.481. The molecule has 2 aromatic carbocycles. The minimum Gasteiger partial charge on any atom is -0.455 e. The van der Waals surface area contributed by atoms with Gasteiger partial charge in [0.25, 0.3) is 0 Å². The van der Waals surface area contributed by atoms with E-state index in [-0.39, 0.29) is 11.2 Å². The Balaban J connectivity index is 1.87. The van der Waals surface area contributed by atoms with E-state index in [0.717, 1.165) is 5.56 Å². The van der Waals surface area contributed by atoms with Crippen LogP contribution in [0.4, 0.5) is 4.39 Å². The molecule has 0 saturated carbocycles. The Labute approximate surface area is 148 Å². The van der Waals surface area contributed by atoms with Gasteiger partial charge >= 0.3 is 0 Å². The highest BCUT2D eigenvalue weighted by Gasteiger charge is 2.11. The van der Waals surface area contributed by atoms with Crippen LogP contribution < -0.4 is 10.2 Å². The van der Waals surface area contributed by atoms with Crippen LogP contribution in [-0.2, 0) is 0 Å². The van der Waals surface area contributed by atoms with Gasteiger partial charge in [-0.25, -0.2) is 4.39 Å². The summed E-state index contributed by atoms with van der Waals surface area (Å²) < 4.78 is 19.3. The van der Waals surface area contributed by atoms with Crippen LogP contribution in [0.2, 0.25) is 0 Å². The van der Waals surface area contributed by atoms with Crippen molar-refractivity contribution in [3.05, 3.63) is 88.6 Å². The third-order valence-electron chi connectivity index (χ3n) is 4.18. The fraction of sp³-hybridized carbons (Fsp3) is 0.0476. The molecule has 0 aliphatic heterocycles. The molecule has 2 aromatic heterocycles. The number of aryl methyl sites for hydroxylation is 1. The van der Waals surface area contributed by atoms with E-state index in [9.17, 15) is 9.18 Å². The number of aromatic amines is 1. The largest absolute Gasteiger partial charge is 0.455 e.